The first-order valence-corrected chi connectivity index (χ1v) is 7.88. The molecule has 10 heteroatoms. The molecule has 140 valence electrons. The maximum atomic E-state index is 12.2. The maximum absolute atomic E-state index is 12.2. The first-order chi connectivity index (χ1) is 11.5. The van der Waals surface area contributed by atoms with E-state index in [1.807, 2.05) is 0 Å². The van der Waals surface area contributed by atoms with Gasteiger partial charge in [-0.15, -0.1) is 0 Å². The van der Waals surface area contributed by atoms with Gasteiger partial charge in [0.15, 0.2) is 0 Å². The van der Waals surface area contributed by atoms with E-state index in [0.717, 1.165) is 0 Å². The zero-order chi connectivity index (χ0) is 19.2. The van der Waals surface area contributed by atoms with E-state index < -0.39 is 47.8 Å². The Morgan fingerprint density at radius 3 is 2.32 bits per heavy atom. The fraction of sp³-hybridized carbons (Fsp3) is 0.667. The van der Waals surface area contributed by atoms with Gasteiger partial charge in [-0.2, -0.15) is 0 Å². The minimum atomic E-state index is -1.14. The second-order valence-corrected chi connectivity index (χ2v) is 6.61. The highest BCUT2D eigenvalue weighted by Crippen LogP contribution is 2.17. The smallest absolute Gasteiger partial charge is 0.408 e. The Labute approximate surface area is 145 Å². The van der Waals surface area contributed by atoms with E-state index in [0.29, 0.717) is 19.4 Å². The molecule has 0 radical (unpaired) electrons. The van der Waals surface area contributed by atoms with Crippen molar-refractivity contribution in [1.82, 2.24) is 15.5 Å². The number of nitrogens with two attached hydrogens (primary N) is 1. The van der Waals surface area contributed by atoms with Gasteiger partial charge in [-0.05, 0) is 33.6 Å². The SMILES string of the molecule is CC(C)(C)OC(=O)NCC(=O)N1CCC[C@H]1C(=O)NCC(=O)C(N)=O. The lowest BCUT2D eigenvalue weighted by atomic mass is 10.2. The van der Waals surface area contributed by atoms with Crippen molar-refractivity contribution < 1.29 is 28.7 Å². The van der Waals surface area contributed by atoms with Crippen LogP contribution >= 0.6 is 0 Å². The van der Waals surface area contributed by atoms with Crippen molar-refractivity contribution in [3.05, 3.63) is 0 Å². The van der Waals surface area contributed by atoms with Crippen molar-refractivity contribution in [2.24, 2.45) is 5.73 Å². The zero-order valence-corrected chi connectivity index (χ0v) is 14.6. The highest BCUT2D eigenvalue weighted by molar-refractivity contribution is 6.36. The van der Waals surface area contributed by atoms with Crippen molar-refractivity contribution in [1.29, 1.82) is 0 Å². The van der Waals surface area contributed by atoms with Gasteiger partial charge in [0.05, 0.1) is 6.54 Å². The number of hydrogen-bond donors (Lipinski definition) is 3. The number of amides is 4. The number of Topliss-reactive ketones (excluding diaryl/α,β-unsaturated/α-hetero) is 1. The summed E-state index contributed by atoms with van der Waals surface area (Å²) in [4.78, 5) is 59.0. The molecule has 0 bridgehead atoms. The molecule has 0 aromatic heterocycles. The van der Waals surface area contributed by atoms with Gasteiger partial charge >= 0.3 is 6.09 Å². The third-order valence-electron chi connectivity index (χ3n) is 3.36. The first-order valence-electron chi connectivity index (χ1n) is 7.88. The van der Waals surface area contributed by atoms with Crippen LogP contribution in [-0.4, -0.2) is 65.8 Å². The molecule has 4 amide bonds. The number of carbonyl (C=O) groups is 5. The lowest BCUT2D eigenvalue weighted by Gasteiger charge is -2.24. The fourth-order valence-corrected chi connectivity index (χ4v) is 2.27. The van der Waals surface area contributed by atoms with E-state index in [1.165, 1.54) is 4.90 Å². The third kappa shape index (κ3) is 6.77. The Bertz CT molecular complexity index is 569. The molecule has 0 aromatic carbocycles. The van der Waals surface area contributed by atoms with E-state index in [1.54, 1.807) is 20.8 Å². The Morgan fingerprint density at radius 2 is 1.76 bits per heavy atom. The van der Waals surface area contributed by atoms with Gasteiger partial charge in [-0.1, -0.05) is 0 Å². The number of carbonyl (C=O) groups excluding carboxylic acids is 5. The van der Waals surface area contributed by atoms with Crippen molar-refractivity contribution in [2.45, 2.75) is 45.3 Å². The summed E-state index contributed by atoms with van der Waals surface area (Å²) < 4.78 is 5.03. The van der Waals surface area contributed by atoms with Crippen molar-refractivity contribution in [3.63, 3.8) is 0 Å². The van der Waals surface area contributed by atoms with Gasteiger partial charge in [0, 0.05) is 6.54 Å². The molecule has 1 aliphatic rings. The summed E-state index contributed by atoms with van der Waals surface area (Å²) in [6, 6.07) is -0.756. The lowest BCUT2D eigenvalue weighted by Crippen LogP contribution is -2.50. The van der Waals surface area contributed by atoms with Crippen molar-refractivity contribution in [3.8, 4) is 0 Å². The Morgan fingerprint density at radius 1 is 1.12 bits per heavy atom. The molecular formula is C15H24N4O6. The van der Waals surface area contributed by atoms with Gasteiger partial charge in [0.2, 0.25) is 17.6 Å². The van der Waals surface area contributed by atoms with Crippen molar-refractivity contribution >= 4 is 29.6 Å². The van der Waals surface area contributed by atoms with Crippen LogP contribution < -0.4 is 16.4 Å². The van der Waals surface area contributed by atoms with Gasteiger partial charge in [-0.25, -0.2) is 4.79 Å². The normalized spacial score (nSPS) is 16.9. The summed E-state index contributed by atoms with van der Waals surface area (Å²) in [5, 5.41) is 4.63. The number of nitrogens with zero attached hydrogens (tertiary/aromatic N) is 1. The molecule has 0 unspecified atom stereocenters. The predicted octanol–water partition coefficient (Wildman–Crippen LogP) is -1.33. The highest BCUT2D eigenvalue weighted by atomic mass is 16.6. The van der Waals surface area contributed by atoms with Crippen LogP contribution in [0, 0.1) is 0 Å². The molecule has 0 aliphatic carbocycles. The molecule has 0 spiro atoms. The van der Waals surface area contributed by atoms with Crippen LogP contribution in [0.5, 0.6) is 0 Å². The molecule has 0 saturated carbocycles. The van der Waals surface area contributed by atoms with E-state index in [2.05, 4.69) is 10.6 Å². The van der Waals surface area contributed by atoms with Crippen LogP contribution in [0.3, 0.4) is 0 Å². The quantitative estimate of drug-likeness (QED) is 0.502. The monoisotopic (exact) mass is 356 g/mol. The summed E-state index contributed by atoms with van der Waals surface area (Å²) in [7, 11) is 0. The number of likely N-dealkylation sites (tertiary alicyclic amines) is 1. The van der Waals surface area contributed by atoms with Crippen molar-refractivity contribution in [2.75, 3.05) is 19.6 Å². The molecule has 1 heterocycles. The largest absolute Gasteiger partial charge is 0.444 e. The number of ketones is 1. The molecule has 1 saturated heterocycles. The van der Waals surface area contributed by atoms with E-state index in [4.69, 9.17) is 10.5 Å². The van der Waals surface area contributed by atoms with Gasteiger partial charge in [0.25, 0.3) is 5.91 Å². The Hall–Kier alpha value is -2.65. The summed E-state index contributed by atoms with van der Waals surface area (Å²) in [5.74, 6) is -3.04. The van der Waals surface area contributed by atoms with Crippen LogP contribution in [-0.2, 0) is 23.9 Å². The second kappa shape index (κ2) is 8.45. The molecule has 0 aromatic rings. The molecule has 1 aliphatic heterocycles. The molecule has 1 fully saturated rings. The minimum Gasteiger partial charge on any atom is -0.444 e. The van der Waals surface area contributed by atoms with Gasteiger partial charge in [0.1, 0.15) is 18.2 Å². The first kappa shape index (κ1) is 20.4. The fourth-order valence-electron chi connectivity index (χ4n) is 2.27. The standard InChI is InChI=1S/C15H24N4O6/c1-15(2,3)25-14(24)18-8-11(21)19-6-4-5-9(19)13(23)17-7-10(20)12(16)22/h9H,4-8H2,1-3H3,(H2,16,22)(H,17,23)(H,18,24)/t9-/m0/s1. The van der Waals surface area contributed by atoms with Crippen LogP contribution in [0.4, 0.5) is 4.79 Å². The summed E-state index contributed by atoms with van der Waals surface area (Å²) >= 11 is 0. The van der Waals surface area contributed by atoms with Gasteiger partial charge < -0.3 is 26.0 Å². The van der Waals surface area contributed by atoms with Crippen LogP contribution in [0.1, 0.15) is 33.6 Å². The molecule has 10 nitrogen and oxygen atoms in total. The number of alkyl carbamates (subject to hydrolysis) is 1. The molecule has 25 heavy (non-hydrogen) atoms. The molecule has 1 rings (SSSR count). The summed E-state index contributed by atoms with van der Waals surface area (Å²) in [6.07, 6.45) is 0.308. The Kier molecular flexibility index (Phi) is 6.89. The summed E-state index contributed by atoms with van der Waals surface area (Å²) in [6.45, 7) is 4.63. The highest BCUT2D eigenvalue weighted by Gasteiger charge is 2.34. The molecular weight excluding hydrogens is 332 g/mol. The minimum absolute atomic E-state index is 0.307. The number of primary amides is 1. The number of ether oxygens (including phenoxy) is 1. The van der Waals surface area contributed by atoms with Gasteiger partial charge in [-0.3, -0.25) is 19.2 Å². The molecule has 4 N–H and O–H groups in total. The average molecular weight is 356 g/mol. The number of rotatable bonds is 6. The zero-order valence-electron chi connectivity index (χ0n) is 14.6. The van der Waals surface area contributed by atoms with Crippen LogP contribution in [0.15, 0.2) is 0 Å². The lowest BCUT2D eigenvalue weighted by molar-refractivity contribution is -0.139. The molecule has 1 atom stereocenters. The maximum Gasteiger partial charge on any atom is 0.408 e. The van der Waals surface area contributed by atoms with E-state index in [-0.39, 0.29) is 6.54 Å². The Balaban J connectivity index is 2.51. The third-order valence-corrected chi connectivity index (χ3v) is 3.36. The van der Waals surface area contributed by atoms with Crippen LogP contribution in [0.25, 0.3) is 0 Å². The topological polar surface area (TPSA) is 148 Å². The number of hydrogen-bond acceptors (Lipinski definition) is 6. The van der Waals surface area contributed by atoms with E-state index in [9.17, 15) is 24.0 Å². The predicted molar refractivity (Wildman–Crippen MR) is 86.2 cm³/mol. The van der Waals surface area contributed by atoms with E-state index >= 15 is 0 Å². The second-order valence-electron chi connectivity index (χ2n) is 6.61. The average Bonchev–Trinajstić information content (AvgIpc) is 2.97. The summed E-state index contributed by atoms with van der Waals surface area (Å²) in [5.41, 5.74) is 4.12. The number of nitrogens with one attached hydrogen (secondary N) is 2. The van der Waals surface area contributed by atoms with Crippen LogP contribution in [0.2, 0.25) is 0 Å².